The molecule has 1 aliphatic heterocycles. The summed E-state index contributed by atoms with van der Waals surface area (Å²) in [4.78, 5) is 15.1. The van der Waals surface area contributed by atoms with Crippen molar-refractivity contribution >= 4 is 5.78 Å². The van der Waals surface area contributed by atoms with Gasteiger partial charge in [0.15, 0.2) is 5.75 Å². The fourth-order valence-corrected chi connectivity index (χ4v) is 2.71. The lowest BCUT2D eigenvalue weighted by molar-refractivity contribution is 0.0566. The first-order valence-corrected chi connectivity index (χ1v) is 6.84. The average molecular weight is 265 g/mol. The van der Waals surface area contributed by atoms with Crippen LogP contribution in [0.1, 0.15) is 43.6 Å². The predicted octanol–water partition coefficient (Wildman–Crippen LogP) is 1.88. The van der Waals surface area contributed by atoms with Crippen LogP contribution in [0.5, 0.6) is 5.75 Å². The Morgan fingerprint density at radius 1 is 1.32 bits per heavy atom. The highest BCUT2D eigenvalue weighted by Crippen LogP contribution is 2.28. The maximum absolute atomic E-state index is 12.8. The Balaban J connectivity index is 2.28. The fraction of sp³-hybridized carbons (Fsp3) is 0.714. The number of piperidine rings is 1. The van der Waals surface area contributed by atoms with Crippen LogP contribution in [-0.2, 0) is 7.05 Å². The summed E-state index contributed by atoms with van der Waals surface area (Å²) in [5.74, 6) is 0.629. The van der Waals surface area contributed by atoms with E-state index in [-0.39, 0.29) is 5.78 Å². The molecule has 0 aliphatic carbocycles. The number of carbonyl (C=O) groups excluding carboxylic acids is 1. The molecular formula is C14H23N3O2. The number of nitrogens with zero attached hydrogens (tertiary/aromatic N) is 3. The van der Waals surface area contributed by atoms with Crippen LogP contribution in [0.2, 0.25) is 0 Å². The number of carbonyl (C=O) groups is 1. The van der Waals surface area contributed by atoms with Gasteiger partial charge in [0, 0.05) is 7.05 Å². The molecule has 0 N–H and O–H groups in total. The van der Waals surface area contributed by atoms with E-state index in [1.54, 1.807) is 25.0 Å². The van der Waals surface area contributed by atoms with E-state index in [0.29, 0.717) is 11.4 Å². The number of hydrogen-bond donors (Lipinski definition) is 0. The minimum absolute atomic E-state index is 0.0752. The number of ketones is 1. The molecule has 5 heteroatoms. The second kappa shape index (κ2) is 5.33. The van der Waals surface area contributed by atoms with Crippen LogP contribution in [0.3, 0.4) is 0 Å². The largest absolute Gasteiger partial charge is 0.493 e. The summed E-state index contributed by atoms with van der Waals surface area (Å²) in [6, 6.07) is 0. The van der Waals surface area contributed by atoms with E-state index in [4.69, 9.17) is 4.74 Å². The van der Waals surface area contributed by atoms with Gasteiger partial charge in [0.05, 0.1) is 18.8 Å². The topological polar surface area (TPSA) is 47.4 Å². The molecule has 0 atom stereocenters. The van der Waals surface area contributed by atoms with Gasteiger partial charge in [-0.25, -0.2) is 0 Å². The molecule has 2 heterocycles. The molecule has 0 bridgehead atoms. The number of Topliss-reactive ketones (excluding diaryl/α,β-unsaturated/α-hetero) is 1. The van der Waals surface area contributed by atoms with Gasteiger partial charge >= 0.3 is 0 Å². The summed E-state index contributed by atoms with van der Waals surface area (Å²) in [6.45, 7) is 5.96. The van der Waals surface area contributed by atoms with Crippen LogP contribution >= 0.6 is 0 Å². The average Bonchev–Trinajstić information content (AvgIpc) is 2.79. The van der Waals surface area contributed by atoms with Gasteiger partial charge in [-0.2, -0.15) is 5.10 Å². The molecule has 0 saturated carbocycles. The third-order valence-corrected chi connectivity index (χ3v) is 4.04. The molecule has 0 unspecified atom stereocenters. The Morgan fingerprint density at radius 2 is 1.95 bits per heavy atom. The lowest BCUT2D eigenvalue weighted by Crippen LogP contribution is -2.52. The van der Waals surface area contributed by atoms with Crippen LogP contribution in [-0.4, -0.2) is 46.2 Å². The summed E-state index contributed by atoms with van der Waals surface area (Å²) < 4.78 is 6.85. The molecule has 0 radical (unpaired) electrons. The Labute approximate surface area is 114 Å². The molecule has 1 fully saturated rings. The first kappa shape index (κ1) is 14.1. The minimum atomic E-state index is -0.512. The SMILES string of the molecule is COc1cnn(C)c1C(=O)C(C)(C)N1CCCCC1. The van der Waals surface area contributed by atoms with Gasteiger partial charge in [-0.15, -0.1) is 0 Å². The first-order valence-electron chi connectivity index (χ1n) is 6.84. The third kappa shape index (κ3) is 2.52. The van der Waals surface area contributed by atoms with E-state index in [0.717, 1.165) is 13.1 Å². The van der Waals surface area contributed by atoms with Crippen molar-refractivity contribution in [3.8, 4) is 5.75 Å². The molecule has 19 heavy (non-hydrogen) atoms. The van der Waals surface area contributed by atoms with E-state index in [1.165, 1.54) is 19.3 Å². The number of aryl methyl sites for hydroxylation is 1. The minimum Gasteiger partial charge on any atom is -0.493 e. The number of ether oxygens (including phenoxy) is 1. The van der Waals surface area contributed by atoms with E-state index >= 15 is 0 Å². The van der Waals surface area contributed by atoms with E-state index in [1.807, 2.05) is 13.8 Å². The van der Waals surface area contributed by atoms with Gasteiger partial charge in [0.2, 0.25) is 5.78 Å². The van der Waals surface area contributed by atoms with Gasteiger partial charge in [0.25, 0.3) is 0 Å². The summed E-state index contributed by atoms with van der Waals surface area (Å²) in [6.07, 6.45) is 5.19. The molecule has 1 aromatic rings. The normalized spacial score (nSPS) is 17.5. The molecule has 0 amide bonds. The van der Waals surface area contributed by atoms with Crippen molar-refractivity contribution in [2.24, 2.45) is 7.05 Å². The standard InChI is InChI=1S/C14H23N3O2/c1-14(2,17-8-6-5-7-9-17)13(18)12-11(19-4)10-15-16(12)3/h10H,5-9H2,1-4H3. The van der Waals surface area contributed by atoms with Crippen LogP contribution in [0.25, 0.3) is 0 Å². The van der Waals surface area contributed by atoms with Crippen LogP contribution in [0, 0.1) is 0 Å². The number of rotatable bonds is 4. The van der Waals surface area contributed by atoms with Crippen LogP contribution < -0.4 is 4.74 Å². The first-order chi connectivity index (χ1) is 8.98. The van der Waals surface area contributed by atoms with Crippen molar-refractivity contribution in [1.82, 2.24) is 14.7 Å². The Bertz CT molecular complexity index is 459. The molecule has 1 aromatic heterocycles. The summed E-state index contributed by atoms with van der Waals surface area (Å²) >= 11 is 0. The number of aromatic nitrogens is 2. The summed E-state index contributed by atoms with van der Waals surface area (Å²) in [7, 11) is 3.35. The van der Waals surface area contributed by atoms with E-state index in [2.05, 4.69) is 10.00 Å². The maximum Gasteiger partial charge on any atom is 0.204 e. The molecule has 106 valence electrons. The maximum atomic E-state index is 12.8. The molecular weight excluding hydrogens is 242 g/mol. The zero-order chi connectivity index (χ0) is 14.0. The van der Waals surface area contributed by atoms with Crippen LogP contribution in [0.15, 0.2) is 6.20 Å². The highest BCUT2D eigenvalue weighted by Gasteiger charge is 2.38. The lowest BCUT2D eigenvalue weighted by atomic mass is 9.91. The Hall–Kier alpha value is -1.36. The molecule has 1 saturated heterocycles. The molecule has 0 aromatic carbocycles. The van der Waals surface area contributed by atoms with Gasteiger partial charge in [-0.3, -0.25) is 14.4 Å². The van der Waals surface area contributed by atoms with Crippen LogP contribution in [0.4, 0.5) is 0 Å². The van der Waals surface area contributed by atoms with Gasteiger partial charge in [0.1, 0.15) is 5.69 Å². The van der Waals surface area contributed by atoms with Crippen molar-refractivity contribution in [2.75, 3.05) is 20.2 Å². The highest BCUT2D eigenvalue weighted by molar-refractivity contribution is 6.03. The molecule has 5 nitrogen and oxygen atoms in total. The van der Waals surface area contributed by atoms with Crippen molar-refractivity contribution in [3.05, 3.63) is 11.9 Å². The zero-order valence-electron chi connectivity index (χ0n) is 12.3. The lowest BCUT2D eigenvalue weighted by Gasteiger charge is -2.39. The van der Waals surface area contributed by atoms with Gasteiger partial charge in [-0.1, -0.05) is 6.42 Å². The molecule has 1 aliphatic rings. The predicted molar refractivity (Wildman–Crippen MR) is 73.6 cm³/mol. The second-order valence-electron chi connectivity index (χ2n) is 5.62. The number of hydrogen-bond acceptors (Lipinski definition) is 4. The summed E-state index contributed by atoms with van der Waals surface area (Å²) in [5, 5.41) is 4.12. The monoisotopic (exact) mass is 265 g/mol. The quantitative estimate of drug-likeness (QED) is 0.780. The van der Waals surface area contributed by atoms with E-state index in [9.17, 15) is 4.79 Å². The van der Waals surface area contributed by atoms with Crippen molar-refractivity contribution in [3.63, 3.8) is 0 Å². The summed E-state index contributed by atoms with van der Waals surface area (Å²) in [5.41, 5.74) is 0.0414. The fourth-order valence-electron chi connectivity index (χ4n) is 2.71. The van der Waals surface area contributed by atoms with Crippen molar-refractivity contribution < 1.29 is 9.53 Å². The molecule has 0 spiro atoms. The Morgan fingerprint density at radius 3 is 2.53 bits per heavy atom. The van der Waals surface area contributed by atoms with E-state index < -0.39 is 5.54 Å². The van der Waals surface area contributed by atoms with Gasteiger partial charge < -0.3 is 4.74 Å². The highest BCUT2D eigenvalue weighted by atomic mass is 16.5. The number of methoxy groups -OCH3 is 1. The second-order valence-corrected chi connectivity index (χ2v) is 5.62. The third-order valence-electron chi connectivity index (χ3n) is 4.04. The smallest absolute Gasteiger partial charge is 0.204 e. The number of likely N-dealkylation sites (tertiary alicyclic amines) is 1. The van der Waals surface area contributed by atoms with Gasteiger partial charge in [-0.05, 0) is 39.8 Å². The Kier molecular flexibility index (Phi) is 3.94. The van der Waals surface area contributed by atoms with Crippen molar-refractivity contribution in [1.29, 1.82) is 0 Å². The van der Waals surface area contributed by atoms with Crippen molar-refractivity contribution in [2.45, 2.75) is 38.6 Å². The molecule has 2 rings (SSSR count). The zero-order valence-corrected chi connectivity index (χ0v) is 12.3.